The summed E-state index contributed by atoms with van der Waals surface area (Å²) in [5.74, 6) is -0.450. The smallest absolute Gasteiger partial charge is 0.308 e. The first-order valence-electron chi connectivity index (χ1n) is 15.3. The highest BCUT2D eigenvalue weighted by atomic mass is 16.7. The monoisotopic (exact) mass is 649 g/mol. The number of aromatic nitrogens is 7. The number of benzene rings is 1. The molecule has 1 aliphatic heterocycles. The molecule has 15 heteroatoms. The number of rotatable bonds is 11. The van der Waals surface area contributed by atoms with Crippen LogP contribution >= 0.6 is 0 Å². The topological polar surface area (TPSA) is 211 Å². The molecule has 15 nitrogen and oxygen atoms in total. The van der Waals surface area contributed by atoms with Gasteiger partial charge in [0.2, 0.25) is 12.7 Å². The molecule has 4 heterocycles. The highest BCUT2D eigenvalue weighted by Crippen LogP contribution is 2.27. The molecule has 1 saturated heterocycles. The van der Waals surface area contributed by atoms with Crippen molar-refractivity contribution in [1.29, 1.82) is 0 Å². The molecule has 5 N–H and O–H groups in total. The molecule has 1 aliphatic rings. The summed E-state index contributed by atoms with van der Waals surface area (Å²) in [5.41, 5.74) is 2.15. The summed E-state index contributed by atoms with van der Waals surface area (Å²) >= 11 is 0. The Balaban J connectivity index is 1.22. The zero-order valence-corrected chi connectivity index (χ0v) is 26.4. The third-order valence-corrected chi connectivity index (χ3v) is 7.55. The fourth-order valence-electron chi connectivity index (χ4n) is 5.08. The van der Waals surface area contributed by atoms with E-state index in [1.54, 1.807) is 24.7 Å². The summed E-state index contributed by atoms with van der Waals surface area (Å²) in [6.07, 6.45) is 3.57. The summed E-state index contributed by atoms with van der Waals surface area (Å²) in [7, 11) is 0. The van der Waals surface area contributed by atoms with Crippen LogP contribution in [0.1, 0.15) is 68.9 Å². The Kier molecular flexibility index (Phi) is 10.6. The number of imidazole rings is 1. The third-order valence-electron chi connectivity index (χ3n) is 7.55. The van der Waals surface area contributed by atoms with Gasteiger partial charge in [-0.05, 0) is 30.6 Å². The first-order valence-corrected chi connectivity index (χ1v) is 15.3. The van der Waals surface area contributed by atoms with E-state index in [1.807, 2.05) is 51.1 Å². The van der Waals surface area contributed by atoms with Crippen molar-refractivity contribution in [1.82, 2.24) is 34.9 Å². The van der Waals surface area contributed by atoms with Crippen LogP contribution < -0.4 is 21.0 Å². The molecule has 5 rings (SSSR count). The molecule has 0 spiro atoms. The number of hydrogen-bond acceptors (Lipinski definition) is 12. The Labute approximate surface area is 269 Å². The lowest BCUT2D eigenvalue weighted by molar-refractivity contribution is -0.204. The maximum absolute atomic E-state index is 13.0. The standard InChI is InChI=1S/C32H39N7O8/c1-32(2,3)29-21(33-17-34-29)13-23-31(36-22(30(44)35-23)12-19-8-5-4-6-9-19)46-18-45-27(42)11-7-10-20-15-39(38-37-20)26-14-24(41)28(43)25(16-40)47-26/h4-6,8-9,12-13,15,17,24-26,28,40-41,43H,7,10-11,14,16,18H2,1-3H3,(H,33,34)(H,35,44)/b22-12-,23-13-. The summed E-state index contributed by atoms with van der Waals surface area (Å²) in [6, 6.07) is 9.25. The Morgan fingerprint density at radius 2 is 1.98 bits per heavy atom. The molecule has 0 aliphatic carbocycles. The predicted molar refractivity (Wildman–Crippen MR) is 167 cm³/mol. The second kappa shape index (κ2) is 14.8. The van der Waals surface area contributed by atoms with Gasteiger partial charge in [-0.2, -0.15) is 0 Å². The first-order chi connectivity index (χ1) is 22.5. The molecule has 4 aromatic rings. The first kappa shape index (κ1) is 33.7. The number of aliphatic hydroxyl groups excluding tert-OH is 3. The van der Waals surface area contributed by atoms with E-state index >= 15 is 0 Å². The number of esters is 1. The van der Waals surface area contributed by atoms with E-state index in [-0.39, 0.29) is 34.8 Å². The highest BCUT2D eigenvalue weighted by molar-refractivity contribution is 5.69. The average Bonchev–Trinajstić information content (AvgIpc) is 3.71. The lowest BCUT2D eigenvalue weighted by Crippen LogP contribution is -2.48. The zero-order chi connectivity index (χ0) is 33.6. The number of carbonyl (C=O) groups excluding carboxylic acids is 1. The summed E-state index contributed by atoms with van der Waals surface area (Å²) in [5, 5.41) is 37.9. The molecule has 250 valence electrons. The molecular formula is C32H39N7O8. The van der Waals surface area contributed by atoms with Crippen molar-refractivity contribution < 1.29 is 34.3 Å². The van der Waals surface area contributed by atoms with E-state index in [2.05, 4.69) is 30.2 Å². The number of nitrogens with one attached hydrogen (secondary N) is 2. The van der Waals surface area contributed by atoms with Crippen LogP contribution in [0, 0.1) is 0 Å². The minimum absolute atomic E-state index is 0.0602. The molecule has 1 aromatic carbocycles. The molecule has 0 saturated carbocycles. The Morgan fingerprint density at radius 1 is 1.19 bits per heavy atom. The highest BCUT2D eigenvalue weighted by Gasteiger charge is 2.37. The van der Waals surface area contributed by atoms with E-state index in [4.69, 9.17) is 14.2 Å². The van der Waals surface area contributed by atoms with E-state index in [0.717, 1.165) is 11.3 Å². The predicted octanol–water partition coefficient (Wildman–Crippen LogP) is -0.0564. The zero-order valence-electron chi connectivity index (χ0n) is 26.4. The summed E-state index contributed by atoms with van der Waals surface area (Å²) in [6.45, 7) is 5.21. The minimum Gasteiger partial charge on any atom is -0.438 e. The number of hydrogen-bond donors (Lipinski definition) is 5. The van der Waals surface area contributed by atoms with Crippen LogP contribution in [0.15, 0.2) is 47.7 Å². The van der Waals surface area contributed by atoms with Gasteiger partial charge in [0.15, 0.2) is 6.23 Å². The van der Waals surface area contributed by atoms with Crippen LogP contribution in [-0.4, -0.2) is 87.9 Å². The van der Waals surface area contributed by atoms with Gasteiger partial charge in [0.05, 0.1) is 36.6 Å². The second-order valence-electron chi connectivity index (χ2n) is 12.2. The maximum Gasteiger partial charge on any atom is 0.308 e. The van der Waals surface area contributed by atoms with Crippen LogP contribution in [0.25, 0.3) is 12.2 Å². The molecular weight excluding hydrogens is 610 g/mol. The molecule has 4 unspecified atom stereocenters. The lowest BCUT2D eigenvalue weighted by Gasteiger charge is -2.35. The fraction of sp³-hybridized carbons (Fsp3) is 0.438. The average molecular weight is 650 g/mol. The number of H-pyrrole nitrogens is 2. The van der Waals surface area contributed by atoms with E-state index < -0.39 is 49.5 Å². The fourth-order valence-corrected chi connectivity index (χ4v) is 5.08. The van der Waals surface area contributed by atoms with E-state index in [0.29, 0.717) is 24.2 Å². The van der Waals surface area contributed by atoms with Crippen molar-refractivity contribution in [3.8, 4) is 5.88 Å². The number of ether oxygens (including phenoxy) is 3. The van der Waals surface area contributed by atoms with Gasteiger partial charge in [0.25, 0.3) is 5.56 Å². The number of aryl methyl sites for hydroxylation is 1. The Hall–Kier alpha value is -4.70. The van der Waals surface area contributed by atoms with Gasteiger partial charge in [-0.25, -0.2) is 14.6 Å². The van der Waals surface area contributed by atoms with Gasteiger partial charge in [-0.1, -0.05) is 56.3 Å². The Morgan fingerprint density at radius 3 is 2.72 bits per heavy atom. The maximum atomic E-state index is 13.0. The van der Waals surface area contributed by atoms with Crippen molar-refractivity contribution in [2.45, 2.75) is 76.4 Å². The minimum atomic E-state index is -1.19. The molecule has 3 aromatic heterocycles. The van der Waals surface area contributed by atoms with Gasteiger partial charge in [0.1, 0.15) is 22.9 Å². The van der Waals surface area contributed by atoms with Gasteiger partial charge < -0.3 is 39.5 Å². The van der Waals surface area contributed by atoms with Crippen LogP contribution in [0.5, 0.6) is 5.88 Å². The molecule has 0 bridgehead atoms. The summed E-state index contributed by atoms with van der Waals surface area (Å²) in [4.78, 5) is 40.3. The molecule has 47 heavy (non-hydrogen) atoms. The quantitative estimate of drug-likeness (QED) is 0.107. The second-order valence-corrected chi connectivity index (χ2v) is 12.2. The van der Waals surface area contributed by atoms with Crippen molar-refractivity contribution in [3.05, 3.63) is 86.6 Å². The van der Waals surface area contributed by atoms with Crippen molar-refractivity contribution in [2.24, 2.45) is 0 Å². The van der Waals surface area contributed by atoms with Crippen molar-refractivity contribution >= 4 is 18.1 Å². The van der Waals surface area contributed by atoms with Crippen LogP contribution in [0.3, 0.4) is 0 Å². The molecule has 4 atom stereocenters. The normalized spacial score (nSPS) is 20.8. The van der Waals surface area contributed by atoms with Crippen LogP contribution in [-0.2, 0) is 26.1 Å². The van der Waals surface area contributed by atoms with E-state index in [1.165, 1.54) is 4.68 Å². The molecule has 1 fully saturated rings. The number of nitrogens with zero attached hydrogens (tertiary/aromatic N) is 5. The van der Waals surface area contributed by atoms with E-state index in [9.17, 15) is 24.9 Å². The number of carbonyl (C=O) groups is 1. The van der Waals surface area contributed by atoms with Crippen molar-refractivity contribution in [3.63, 3.8) is 0 Å². The van der Waals surface area contributed by atoms with Gasteiger partial charge in [-0.3, -0.25) is 9.59 Å². The van der Waals surface area contributed by atoms with Crippen molar-refractivity contribution in [2.75, 3.05) is 13.4 Å². The van der Waals surface area contributed by atoms with Gasteiger partial charge in [0, 0.05) is 24.0 Å². The Bertz CT molecular complexity index is 1830. The third kappa shape index (κ3) is 8.56. The largest absolute Gasteiger partial charge is 0.438 e. The number of aromatic amines is 2. The van der Waals surface area contributed by atoms with Crippen LogP contribution in [0.4, 0.5) is 0 Å². The molecule has 0 radical (unpaired) electrons. The van der Waals surface area contributed by atoms with Crippen LogP contribution in [0.2, 0.25) is 0 Å². The number of aliphatic hydroxyl groups is 3. The van der Waals surface area contributed by atoms with Gasteiger partial charge in [-0.15, -0.1) is 5.10 Å². The summed E-state index contributed by atoms with van der Waals surface area (Å²) < 4.78 is 18.1. The SMILES string of the molecule is CC(C)(C)c1[nH]cnc1/C=c1\[nH]c(=O)/c(=C/c2ccccc2)nc1OCOC(=O)CCCc1cn(C2CC(O)C(O)C(CO)O2)nn1. The van der Waals surface area contributed by atoms with Gasteiger partial charge >= 0.3 is 5.97 Å². The lowest BCUT2D eigenvalue weighted by atomic mass is 9.90. The molecule has 0 amide bonds.